The topological polar surface area (TPSA) is 54.0 Å². The summed E-state index contributed by atoms with van der Waals surface area (Å²) in [5.41, 5.74) is 1.82. The molecule has 1 aromatic heterocycles. The van der Waals surface area contributed by atoms with Crippen LogP contribution >= 0.6 is 0 Å². The van der Waals surface area contributed by atoms with Crippen molar-refractivity contribution in [2.75, 3.05) is 11.9 Å². The SMILES string of the molecule is CCCCNC(=O)c1ccnc(NC(C)c2ccccc2)c1. The summed E-state index contributed by atoms with van der Waals surface area (Å²) < 4.78 is 0. The Bertz CT molecular complexity index is 598. The lowest BCUT2D eigenvalue weighted by Crippen LogP contribution is -2.24. The van der Waals surface area contributed by atoms with Crippen LogP contribution in [0.4, 0.5) is 5.82 Å². The second-order valence-corrected chi connectivity index (χ2v) is 5.32. The summed E-state index contributed by atoms with van der Waals surface area (Å²) in [6.45, 7) is 4.89. The van der Waals surface area contributed by atoms with Crippen LogP contribution in [0.2, 0.25) is 0 Å². The summed E-state index contributed by atoms with van der Waals surface area (Å²) >= 11 is 0. The molecule has 22 heavy (non-hydrogen) atoms. The van der Waals surface area contributed by atoms with Crippen molar-refractivity contribution in [2.24, 2.45) is 0 Å². The number of pyridine rings is 1. The maximum absolute atomic E-state index is 12.1. The van der Waals surface area contributed by atoms with Gasteiger partial charge in [0, 0.05) is 24.3 Å². The molecule has 0 bridgehead atoms. The summed E-state index contributed by atoms with van der Waals surface area (Å²) in [7, 11) is 0. The van der Waals surface area contributed by atoms with Gasteiger partial charge in [-0.05, 0) is 31.0 Å². The Labute approximate surface area is 132 Å². The zero-order valence-electron chi connectivity index (χ0n) is 13.2. The molecule has 1 unspecified atom stereocenters. The zero-order chi connectivity index (χ0) is 15.8. The molecule has 1 aromatic carbocycles. The summed E-state index contributed by atoms with van der Waals surface area (Å²) in [4.78, 5) is 16.4. The average Bonchev–Trinajstić information content (AvgIpc) is 2.56. The van der Waals surface area contributed by atoms with E-state index in [0.29, 0.717) is 17.9 Å². The average molecular weight is 297 g/mol. The molecule has 0 aliphatic carbocycles. The number of nitrogens with one attached hydrogen (secondary N) is 2. The molecule has 0 spiro atoms. The summed E-state index contributed by atoms with van der Waals surface area (Å²) in [6, 6.07) is 13.8. The Morgan fingerprint density at radius 1 is 1.23 bits per heavy atom. The second-order valence-electron chi connectivity index (χ2n) is 5.32. The van der Waals surface area contributed by atoms with Gasteiger partial charge in [0.2, 0.25) is 0 Å². The fraction of sp³-hybridized carbons (Fsp3) is 0.333. The van der Waals surface area contributed by atoms with Gasteiger partial charge < -0.3 is 10.6 Å². The Balaban J connectivity index is 2.00. The molecule has 4 heteroatoms. The number of amides is 1. The molecule has 0 aliphatic rings. The molecule has 2 rings (SSSR count). The highest BCUT2D eigenvalue weighted by Crippen LogP contribution is 2.18. The monoisotopic (exact) mass is 297 g/mol. The highest BCUT2D eigenvalue weighted by molar-refractivity contribution is 5.94. The predicted octanol–water partition coefficient (Wildman–Crippen LogP) is 3.78. The molecule has 4 nitrogen and oxygen atoms in total. The maximum Gasteiger partial charge on any atom is 0.251 e. The number of unbranched alkanes of at least 4 members (excludes halogenated alkanes) is 1. The predicted molar refractivity (Wildman–Crippen MR) is 90.0 cm³/mol. The number of hydrogen-bond donors (Lipinski definition) is 2. The lowest BCUT2D eigenvalue weighted by molar-refractivity contribution is 0.0953. The Kier molecular flexibility index (Phi) is 5.95. The van der Waals surface area contributed by atoms with Crippen LogP contribution in [-0.2, 0) is 0 Å². The molecule has 1 amide bonds. The number of anilines is 1. The first kappa shape index (κ1) is 16.0. The van der Waals surface area contributed by atoms with Gasteiger partial charge in [-0.2, -0.15) is 0 Å². The highest BCUT2D eigenvalue weighted by atomic mass is 16.1. The number of rotatable bonds is 7. The molecular formula is C18H23N3O. The van der Waals surface area contributed by atoms with Crippen molar-refractivity contribution >= 4 is 11.7 Å². The van der Waals surface area contributed by atoms with E-state index < -0.39 is 0 Å². The number of benzene rings is 1. The molecule has 0 radical (unpaired) electrons. The van der Waals surface area contributed by atoms with E-state index in [-0.39, 0.29) is 11.9 Å². The van der Waals surface area contributed by atoms with Crippen LogP contribution in [0.15, 0.2) is 48.7 Å². The lowest BCUT2D eigenvalue weighted by atomic mass is 10.1. The fourth-order valence-electron chi connectivity index (χ4n) is 2.18. The van der Waals surface area contributed by atoms with Crippen molar-refractivity contribution in [3.63, 3.8) is 0 Å². The minimum atomic E-state index is -0.0498. The zero-order valence-corrected chi connectivity index (χ0v) is 13.2. The second kappa shape index (κ2) is 8.17. The van der Waals surface area contributed by atoms with E-state index in [4.69, 9.17) is 0 Å². The van der Waals surface area contributed by atoms with Crippen LogP contribution in [0.5, 0.6) is 0 Å². The van der Waals surface area contributed by atoms with Crippen LogP contribution in [-0.4, -0.2) is 17.4 Å². The van der Waals surface area contributed by atoms with Gasteiger partial charge in [-0.15, -0.1) is 0 Å². The Hall–Kier alpha value is -2.36. The molecule has 2 aromatic rings. The molecule has 0 fully saturated rings. The van der Waals surface area contributed by atoms with Crippen molar-refractivity contribution < 1.29 is 4.79 Å². The van der Waals surface area contributed by atoms with E-state index in [1.54, 1.807) is 18.3 Å². The van der Waals surface area contributed by atoms with Gasteiger partial charge in [-0.25, -0.2) is 4.98 Å². The first-order valence-corrected chi connectivity index (χ1v) is 7.76. The lowest BCUT2D eigenvalue weighted by Gasteiger charge is -2.15. The van der Waals surface area contributed by atoms with Gasteiger partial charge >= 0.3 is 0 Å². The van der Waals surface area contributed by atoms with E-state index in [9.17, 15) is 4.79 Å². The van der Waals surface area contributed by atoms with Crippen molar-refractivity contribution in [3.05, 3.63) is 59.8 Å². The number of nitrogens with zero attached hydrogens (tertiary/aromatic N) is 1. The number of aromatic nitrogens is 1. The summed E-state index contributed by atoms with van der Waals surface area (Å²) in [5, 5.41) is 6.25. The maximum atomic E-state index is 12.1. The van der Waals surface area contributed by atoms with Crippen LogP contribution in [0.25, 0.3) is 0 Å². The van der Waals surface area contributed by atoms with Crippen molar-refractivity contribution in [1.29, 1.82) is 0 Å². The molecule has 2 N–H and O–H groups in total. The van der Waals surface area contributed by atoms with E-state index in [0.717, 1.165) is 12.8 Å². The third kappa shape index (κ3) is 4.58. The van der Waals surface area contributed by atoms with Gasteiger partial charge in [0.05, 0.1) is 0 Å². The quantitative estimate of drug-likeness (QED) is 0.765. The standard InChI is InChI=1S/C18H23N3O/c1-3-4-11-20-18(22)16-10-12-19-17(13-16)21-14(2)15-8-6-5-7-9-15/h5-10,12-14H,3-4,11H2,1-2H3,(H,19,21)(H,20,22). The van der Waals surface area contributed by atoms with Gasteiger partial charge in [-0.1, -0.05) is 43.7 Å². The normalized spacial score (nSPS) is 11.7. The van der Waals surface area contributed by atoms with Gasteiger partial charge in [0.25, 0.3) is 5.91 Å². The smallest absolute Gasteiger partial charge is 0.251 e. The first-order chi connectivity index (χ1) is 10.7. The van der Waals surface area contributed by atoms with Crippen LogP contribution < -0.4 is 10.6 Å². The van der Waals surface area contributed by atoms with Crippen molar-refractivity contribution in [1.82, 2.24) is 10.3 Å². The van der Waals surface area contributed by atoms with E-state index in [1.807, 2.05) is 18.2 Å². The van der Waals surface area contributed by atoms with Crippen LogP contribution in [0, 0.1) is 0 Å². The number of carbonyl (C=O) groups excluding carboxylic acids is 1. The van der Waals surface area contributed by atoms with Gasteiger partial charge in [-0.3, -0.25) is 4.79 Å². The molecule has 0 saturated heterocycles. The minimum absolute atomic E-state index is 0.0498. The van der Waals surface area contributed by atoms with Crippen molar-refractivity contribution in [3.8, 4) is 0 Å². The van der Waals surface area contributed by atoms with E-state index in [2.05, 4.69) is 41.6 Å². The Morgan fingerprint density at radius 2 is 2.00 bits per heavy atom. The third-order valence-electron chi connectivity index (χ3n) is 3.50. The molecular weight excluding hydrogens is 274 g/mol. The van der Waals surface area contributed by atoms with E-state index >= 15 is 0 Å². The minimum Gasteiger partial charge on any atom is -0.364 e. The number of carbonyl (C=O) groups is 1. The largest absolute Gasteiger partial charge is 0.364 e. The number of hydrogen-bond acceptors (Lipinski definition) is 3. The highest BCUT2D eigenvalue weighted by Gasteiger charge is 2.09. The first-order valence-electron chi connectivity index (χ1n) is 7.76. The van der Waals surface area contributed by atoms with Crippen LogP contribution in [0.3, 0.4) is 0 Å². The molecule has 1 atom stereocenters. The van der Waals surface area contributed by atoms with Gasteiger partial charge in [0.1, 0.15) is 5.82 Å². The van der Waals surface area contributed by atoms with Crippen molar-refractivity contribution in [2.45, 2.75) is 32.7 Å². The molecule has 1 heterocycles. The summed E-state index contributed by atoms with van der Waals surface area (Å²) in [5.74, 6) is 0.658. The van der Waals surface area contributed by atoms with Crippen LogP contribution in [0.1, 0.15) is 48.7 Å². The molecule has 116 valence electrons. The fourth-order valence-corrected chi connectivity index (χ4v) is 2.18. The molecule has 0 saturated carbocycles. The molecule has 0 aliphatic heterocycles. The van der Waals surface area contributed by atoms with Gasteiger partial charge in [0.15, 0.2) is 0 Å². The van der Waals surface area contributed by atoms with E-state index in [1.165, 1.54) is 5.56 Å². The third-order valence-corrected chi connectivity index (χ3v) is 3.50. The summed E-state index contributed by atoms with van der Waals surface area (Å²) in [6.07, 6.45) is 3.72. The Morgan fingerprint density at radius 3 is 2.73 bits per heavy atom.